The molecule has 0 unspecified atom stereocenters. The maximum Gasteiger partial charge on any atom is 0.248 e. The number of carbonyl (C=O) groups excluding carboxylic acids is 1. The van der Waals surface area contributed by atoms with Crippen molar-refractivity contribution in [1.29, 1.82) is 0 Å². The highest BCUT2D eigenvalue weighted by molar-refractivity contribution is 7.08. The second-order valence-electron chi connectivity index (χ2n) is 6.26. The molecule has 2 atom stereocenters. The molecule has 1 amide bonds. The first kappa shape index (κ1) is 15.2. The first-order valence-electron chi connectivity index (χ1n) is 7.74. The molecule has 118 valence electrons. The van der Waals surface area contributed by atoms with Crippen LogP contribution in [0.4, 0.5) is 0 Å². The van der Waals surface area contributed by atoms with Gasteiger partial charge in [0.25, 0.3) is 0 Å². The van der Waals surface area contributed by atoms with Gasteiger partial charge < -0.3 is 9.32 Å². The van der Waals surface area contributed by atoms with E-state index in [9.17, 15) is 4.79 Å². The van der Waals surface area contributed by atoms with Gasteiger partial charge >= 0.3 is 0 Å². The lowest BCUT2D eigenvalue weighted by atomic mass is 9.91. The quantitative estimate of drug-likeness (QED) is 0.868. The predicted octanol–water partition coefficient (Wildman–Crippen LogP) is 3.24. The molecule has 0 radical (unpaired) electrons. The van der Waals surface area contributed by atoms with Gasteiger partial charge in [-0.3, -0.25) is 4.79 Å². The average Bonchev–Trinajstić information content (AvgIpc) is 3.14. The number of rotatable bonds is 4. The van der Waals surface area contributed by atoms with Gasteiger partial charge in [0.05, 0.1) is 0 Å². The molecule has 0 aliphatic carbocycles. The Morgan fingerprint density at radius 1 is 1.36 bits per heavy atom. The van der Waals surface area contributed by atoms with Gasteiger partial charge in [-0.15, -0.1) is 10.2 Å². The molecule has 1 fully saturated rings. The normalized spacial score (nSPS) is 22.0. The minimum atomic E-state index is 0.189. The van der Waals surface area contributed by atoms with E-state index in [0.717, 1.165) is 18.7 Å². The number of hydrogen-bond donors (Lipinski definition) is 0. The number of thiophene rings is 1. The standard InChI is InChI=1S/C16H21N3O2S/c1-11-7-12(2)9-19(8-11)15(20)4-3-14-17-18-16(21-14)13-5-6-22-10-13/h5-6,10-12H,3-4,7-9H2,1-2H3/t11-,12+. The van der Waals surface area contributed by atoms with Gasteiger partial charge in [-0.1, -0.05) is 13.8 Å². The summed E-state index contributed by atoms with van der Waals surface area (Å²) < 4.78 is 5.62. The first-order chi connectivity index (χ1) is 10.6. The van der Waals surface area contributed by atoms with Crippen molar-refractivity contribution in [3.8, 4) is 11.5 Å². The number of hydrogen-bond acceptors (Lipinski definition) is 5. The molecule has 3 heterocycles. The molecule has 0 aromatic carbocycles. The Hall–Kier alpha value is -1.69. The van der Waals surface area contributed by atoms with E-state index in [1.54, 1.807) is 11.3 Å². The summed E-state index contributed by atoms with van der Waals surface area (Å²) in [6.45, 7) is 6.16. The number of aromatic nitrogens is 2. The van der Waals surface area contributed by atoms with E-state index in [2.05, 4.69) is 24.0 Å². The molecule has 22 heavy (non-hydrogen) atoms. The van der Waals surface area contributed by atoms with E-state index in [-0.39, 0.29) is 5.91 Å². The molecule has 0 saturated carbocycles. The summed E-state index contributed by atoms with van der Waals surface area (Å²) in [5.74, 6) is 2.42. The molecule has 3 rings (SSSR count). The zero-order chi connectivity index (χ0) is 15.5. The zero-order valence-electron chi connectivity index (χ0n) is 13.0. The van der Waals surface area contributed by atoms with Crippen LogP contribution in [-0.4, -0.2) is 34.1 Å². The molecule has 1 aliphatic heterocycles. The third-order valence-corrected chi connectivity index (χ3v) is 4.69. The fourth-order valence-electron chi connectivity index (χ4n) is 3.10. The van der Waals surface area contributed by atoms with Crippen LogP contribution >= 0.6 is 11.3 Å². The van der Waals surface area contributed by atoms with Crippen molar-refractivity contribution in [2.24, 2.45) is 11.8 Å². The highest BCUT2D eigenvalue weighted by Gasteiger charge is 2.25. The van der Waals surface area contributed by atoms with E-state index in [0.29, 0.717) is 36.5 Å². The number of piperidine rings is 1. The Kier molecular flexibility index (Phi) is 4.57. The summed E-state index contributed by atoms with van der Waals surface area (Å²) in [5.41, 5.74) is 0.939. The van der Waals surface area contributed by atoms with Crippen molar-refractivity contribution in [2.75, 3.05) is 13.1 Å². The van der Waals surface area contributed by atoms with Gasteiger partial charge in [-0.25, -0.2) is 0 Å². The summed E-state index contributed by atoms with van der Waals surface area (Å²) >= 11 is 1.59. The summed E-state index contributed by atoms with van der Waals surface area (Å²) in [6.07, 6.45) is 2.15. The van der Waals surface area contributed by atoms with Gasteiger partial charge in [0.2, 0.25) is 17.7 Å². The summed E-state index contributed by atoms with van der Waals surface area (Å²) in [6, 6.07) is 1.95. The average molecular weight is 319 g/mol. The lowest BCUT2D eigenvalue weighted by Gasteiger charge is -2.35. The van der Waals surface area contributed by atoms with Crippen LogP contribution in [0.15, 0.2) is 21.2 Å². The third-order valence-electron chi connectivity index (χ3n) is 4.01. The van der Waals surface area contributed by atoms with Crippen molar-refractivity contribution < 1.29 is 9.21 Å². The van der Waals surface area contributed by atoms with E-state index < -0.39 is 0 Å². The Morgan fingerprint density at radius 3 is 2.82 bits per heavy atom. The van der Waals surface area contributed by atoms with Gasteiger partial charge in [0.15, 0.2) is 0 Å². The number of likely N-dealkylation sites (tertiary alicyclic amines) is 1. The van der Waals surface area contributed by atoms with Crippen LogP contribution in [0.25, 0.3) is 11.5 Å². The van der Waals surface area contributed by atoms with Crippen LogP contribution in [0.5, 0.6) is 0 Å². The Labute approximate surface area is 134 Å². The Balaban J connectivity index is 1.55. The number of amides is 1. The van der Waals surface area contributed by atoms with Crippen molar-refractivity contribution in [3.63, 3.8) is 0 Å². The van der Waals surface area contributed by atoms with E-state index in [4.69, 9.17) is 4.42 Å². The fourth-order valence-corrected chi connectivity index (χ4v) is 3.73. The monoisotopic (exact) mass is 319 g/mol. The molecule has 2 aromatic rings. The summed E-state index contributed by atoms with van der Waals surface area (Å²) in [5, 5.41) is 12.0. The lowest BCUT2D eigenvalue weighted by Crippen LogP contribution is -2.42. The van der Waals surface area contributed by atoms with Crippen LogP contribution in [-0.2, 0) is 11.2 Å². The minimum absolute atomic E-state index is 0.189. The van der Waals surface area contributed by atoms with Gasteiger partial charge in [0, 0.05) is 36.9 Å². The van der Waals surface area contributed by atoms with Crippen LogP contribution in [0, 0.1) is 11.8 Å². The van der Waals surface area contributed by atoms with E-state index in [1.165, 1.54) is 6.42 Å². The molecule has 5 nitrogen and oxygen atoms in total. The van der Waals surface area contributed by atoms with Gasteiger partial charge in [0.1, 0.15) is 0 Å². The fraction of sp³-hybridized carbons (Fsp3) is 0.562. The second-order valence-corrected chi connectivity index (χ2v) is 7.04. The predicted molar refractivity (Wildman–Crippen MR) is 85.5 cm³/mol. The molecule has 1 saturated heterocycles. The molecule has 0 spiro atoms. The van der Waals surface area contributed by atoms with E-state index >= 15 is 0 Å². The van der Waals surface area contributed by atoms with Gasteiger partial charge in [-0.05, 0) is 29.7 Å². The molecular formula is C16H21N3O2S. The van der Waals surface area contributed by atoms with E-state index in [1.807, 2.05) is 21.7 Å². The third kappa shape index (κ3) is 3.55. The largest absolute Gasteiger partial charge is 0.421 e. The van der Waals surface area contributed by atoms with Crippen molar-refractivity contribution in [1.82, 2.24) is 15.1 Å². The Bertz CT molecular complexity index is 613. The topological polar surface area (TPSA) is 59.2 Å². The van der Waals surface area contributed by atoms with Crippen molar-refractivity contribution in [2.45, 2.75) is 33.1 Å². The van der Waals surface area contributed by atoms with Crippen LogP contribution in [0.3, 0.4) is 0 Å². The molecule has 2 aromatic heterocycles. The van der Waals surface area contributed by atoms with Crippen LogP contribution in [0.2, 0.25) is 0 Å². The first-order valence-corrected chi connectivity index (χ1v) is 8.69. The maximum atomic E-state index is 12.3. The lowest BCUT2D eigenvalue weighted by molar-refractivity contribution is -0.133. The molecule has 0 N–H and O–H groups in total. The highest BCUT2D eigenvalue weighted by Crippen LogP contribution is 2.23. The van der Waals surface area contributed by atoms with Gasteiger partial charge in [-0.2, -0.15) is 11.3 Å². The SMILES string of the molecule is C[C@@H]1C[C@H](C)CN(C(=O)CCc2nnc(-c3ccsc3)o2)C1. The molecule has 6 heteroatoms. The minimum Gasteiger partial charge on any atom is -0.421 e. The summed E-state index contributed by atoms with van der Waals surface area (Å²) in [7, 11) is 0. The van der Waals surface area contributed by atoms with Crippen LogP contribution in [0.1, 0.15) is 32.6 Å². The molecule has 0 bridgehead atoms. The van der Waals surface area contributed by atoms with Crippen molar-refractivity contribution >= 4 is 17.2 Å². The maximum absolute atomic E-state index is 12.3. The summed E-state index contributed by atoms with van der Waals surface area (Å²) in [4.78, 5) is 14.3. The highest BCUT2D eigenvalue weighted by atomic mass is 32.1. The smallest absolute Gasteiger partial charge is 0.248 e. The zero-order valence-corrected chi connectivity index (χ0v) is 13.8. The Morgan fingerprint density at radius 2 is 2.14 bits per heavy atom. The number of nitrogens with zero attached hydrogens (tertiary/aromatic N) is 3. The molecule has 1 aliphatic rings. The second kappa shape index (κ2) is 6.60. The van der Waals surface area contributed by atoms with Crippen LogP contribution < -0.4 is 0 Å². The molecular weight excluding hydrogens is 298 g/mol. The number of aryl methyl sites for hydroxylation is 1. The van der Waals surface area contributed by atoms with Crippen molar-refractivity contribution in [3.05, 3.63) is 22.7 Å². The number of carbonyl (C=O) groups is 1.